The number of rotatable bonds is 4. The Balaban J connectivity index is 2.22. The predicted octanol–water partition coefficient (Wildman–Crippen LogP) is 2.04. The first kappa shape index (κ1) is 11.9. The smallest absolute Gasteiger partial charge is 0.350 e. The number of pyridine rings is 1. The summed E-state index contributed by atoms with van der Waals surface area (Å²) in [5, 5.41) is 0. The minimum atomic E-state index is -0.754. The molecule has 1 fully saturated rings. The second-order valence-corrected chi connectivity index (χ2v) is 4.34. The van der Waals surface area contributed by atoms with E-state index >= 15 is 0 Å². The highest BCUT2D eigenvalue weighted by Crippen LogP contribution is 2.42. The summed E-state index contributed by atoms with van der Waals surface area (Å²) in [7, 11) is 1.39. The summed E-state index contributed by atoms with van der Waals surface area (Å²) >= 11 is 0. The van der Waals surface area contributed by atoms with Crippen molar-refractivity contribution in [3.63, 3.8) is 0 Å². The summed E-state index contributed by atoms with van der Waals surface area (Å²) in [5.74, 6) is 0.404. The second-order valence-electron chi connectivity index (χ2n) is 4.34. The monoisotopic (exact) mass is 235 g/mol. The molecule has 1 saturated carbocycles. The molecule has 0 radical (unpaired) electrons. The number of hydrogen-bond acceptors (Lipinski definition) is 4. The molecule has 0 amide bonds. The lowest BCUT2D eigenvalue weighted by molar-refractivity contribution is -0.151. The molecule has 1 aliphatic rings. The number of esters is 1. The molecule has 0 aromatic carbocycles. The molecule has 1 aromatic rings. The fourth-order valence-corrected chi connectivity index (χ4v) is 1.80. The third kappa shape index (κ3) is 2.25. The summed E-state index contributed by atoms with van der Waals surface area (Å²) in [6.45, 7) is 3.96. The SMILES string of the molecule is CCc1nc(C)ccc1OC1(C(=O)OC)CC1. The Morgan fingerprint density at radius 2 is 2.18 bits per heavy atom. The maximum atomic E-state index is 11.6. The molecule has 0 bridgehead atoms. The van der Waals surface area contributed by atoms with Crippen LogP contribution in [0.2, 0.25) is 0 Å². The Morgan fingerprint density at radius 1 is 1.47 bits per heavy atom. The first-order valence-electron chi connectivity index (χ1n) is 5.85. The van der Waals surface area contributed by atoms with Gasteiger partial charge in [-0.3, -0.25) is 4.98 Å². The number of methoxy groups -OCH3 is 1. The first-order chi connectivity index (χ1) is 8.11. The van der Waals surface area contributed by atoms with E-state index in [0.29, 0.717) is 5.75 Å². The van der Waals surface area contributed by atoms with E-state index in [1.165, 1.54) is 7.11 Å². The minimum absolute atomic E-state index is 0.292. The van der Waals surface area contributed by atoms with E-state index in [1.54, 1.807) is 0 Å². The van der Waals surface area contributed by atoms with E-state index in [-0.39, 0.29) is 5.97 Å². The van der Waals surface area contributed by atoms with Gasteiger partial charge < -0.3 is 9.47 Å². The molecule has 0 spiro atoms. The van der Waals surface area contributed by atoms with Crippen molar-refractivity contribution in [2.45, 2.75) is 38.7 Å². The lowest BCUT2D eigenvalue weighted by Gasteiger charge is -2.17. The molecule has 1 aromatic heterocycles. The maximum absolute atomic E-state index is 11.6. The lowest BCUT2D eigenvalue weighted by atomic mass is 10.2. The first-order valence-corrected chi connectivity index (χ1v) is 5.85. The van der Waals surface area contributed by atoms with Crippen LogP contribution < -0.4 is 4.74 Å². The average Bonchev–Trinajstić information content (AvgIpc) is 3.11. The van der Waals surface area contributed by atoms with Crippen molar-refractivity contribution >= 4 is 5.97 Å². The highest BCUT2D eigenvalue weighted by atomic mass is 16.6. The molecular formula is C13H17NO3. The topological polar surface area (TPSA) is 48.4 Å². The number of ether oxygens (including phenoxy) is 2. The van der Waals surface area contributed by atoms with E-state index < -0.39 is 5.60 Å². The number of carbonyl (C=O) groups is 1. The van der Waals surface area contributed by atoms with Gasteiger partial charge in [0, 0.05) is 18.5 Å². The van der Waals surface area contributed by atoms with Crippen LogP contribution in [0.15, 0.2) is 12.1 Å². The fraction of sp³-hybridized carbons (Fsp3) is 0.538. The standard InChI is InChI=1S/C13H17NO3/c1-4-10-11(6-5-9(2)14-10)17-13(7-8-13)12(15)16-3/h5-6H,4,7-8H2,1-3H3. The molecular weight excluding hydrogens is 218 g/mol. The molecule has 1 aliphatic carbocycles. The van der Waals surface area contributed by atoms with Crippen LogP contribution in [-0.2, 0) is 16.0 Å². The number of carbonyl (C=O) groups excluding carboxylic acids is 1. The highest BCUT2D eigenvalue weighted by molar-refractivity contribution is 5.83. The third-order valence-corrected chi connectivity index (χ3v) is 2.97. The average molecular weight is 235 g/mol. The molecule has 92 valence electrons. The maximum Gasteiger partial charge on any atom is 0.350 e. The Labute approximate surface area is 101 Å². The van der Waals surface area contributed by atoms with E-state index in [0.717, 1.165) is 30.7 Å². The number of aryl methyl sites for hydroxylation is 2. The largest absolute Gasteiger partial charge is 0.474 e. The Hall–Kier alpha value is -1.58. The van der Waals surface area contributed by atoms with Gasteiger partial charge in [-0.15, -0.1) is 0 Å². The molecule has 1 heterocycles. The molecule has 0 aliphatic heterocycles. The van der Waals surface area contributed by atoms with Gasteiger partial charge in [-0.2, -0.15) is 0 Å². The van der Waals surface area contributed by atoms with Crippen LogP contribution in [0.1, 0.15) is 31.2 Å². The Bertz CT molecular complexity index is 438. The zero-order chi connectivity index (χ0) is 12.5. The van der Waals surface area contributed by atoms with Crippen molar-refractivity contribution in [1.29, 1.82) is 0 Å². The van der Waals surface area contributed by atoms with Crippen molar-refractivity contribution < 1.29 is 14.3 Å². The normalized spacial score (nSPS) is 16.4. The van der Waals surface area contributed by atoms with Crippen LogP contribution in [0.25, 0.3) is 0 Å². The molecule has 2 rings (SSSR count). The summed E-state index contributed by atoms with van der Waals surface area (Å²) in [6.07, 6.45) is 2.22. The van der Waals surface area contributed by atoms with Gasteiger partial charge >= 0.3 is 5.97 Å². The van der Waals surface area contributed by atoms with Crippen molar-refractivity contribution in [2.24, 2.45) is 0 Å². The Kier molecular flexibility index (Phi) is 3.05. The molecule has 17 heavy (non-hydrogen) atoms. The summed E-state index contributed by atoms with van der Waals surface area (Å²) in [5.41, 5.74) is 1.09. The third-order valence-electron chi connectivity index (χ3n) is 2.97. The van der Waals surface area contributed by atoms with Gasteiger partial charge in [0.1, 0.15) is 5.75 Å². The van der Waals surface area contributed by atoms with Gasteiger partial charge in [-0.1, -0.05) is 6.92 Å². The molecule has 0 unspecified atom stereocenters. The van der Waals surface area contributed by atoms with Crippen molar-refractivity contribution in [2.75, 3.05) is 7.11 Å². The quantitative estimate of drug-likeness (QED) is 0.749. The van der Waals surface area contributed by atoms with Crippen LogP contribution in [0.5, 0.6) is 5.75 Å². The zero-order valence-electron chi connectivity index (χ0n) is 10.4. The Morgan fingerprint density at radius 3 is 2.71 bits per heavy atom. The van der Waals surface area contributed by atoms with Gasteiger partial charge in [0.25, 0.3) is 0 Å². The van der Waals surface area contributed by atoms with Crippen molar-refractivity contribution in [3.8, 4) is 5.75 Å². The lowest BCUT2D eigenvalue weighted by Crippen LogP contribution is -2.31. The fourth-order valence-electron chi connectivity index (χ4n) is 1.80. The van der Waals surface area contributed by atoms with Crippen LogP contribution in [0, 0.1) is 6.92 Å². The minimum Gasteiger partial charge on any atom is -0.474 e. The van der Waals surface area contributed by atoms with Gasteiger partial charge in [-0.05, 0) is 25.5 Å². The number of hydrogen-bond donors (Lipinski definition) is 0. The summed E-state index contributed by atoms with van der Waals surface area (Å²) in [4.78, 5) is 16.0. The zero-order valence-corrected chi connectivity index (χ0v) is 10.4. The van der Waals surface area contributed by atoms with Crippen molar-refractivity contribution in [1.82, 2.24) is 4.98 Å². The van der Waals surface area contributed by atoms with Gasteiger partial charge in [0.2, 0.25) is 5.60 Å². The summed E-state index contributed by atoms with van der Waals surface area (Å²) in [6, 6.07) is 3.77. The predicted molar refractivity (Wildman–Crippen MR) is 63.0 cm³/mol. The van der Waals surface area contributed by atoms with Gasteiger partial charge in [0.15, 0.2) is 0 Å². The van der Waals surface area contributed by atoms with Crippen LogP contribution in [-0.4, -0.2) is 23.7 Å². The van der Waals surface area contributed by atoms with E-state index in [1.807, 2.05) is 26.0 Å². The molecule has 4 heteroatoms. The molecule has 4 nitrogen and oxygen atoms in total. The van der Waals surface area contributed by atoms with E-state index in [9.17, 15) is 4.79 Å². The van der Waals surface area contributed by atoms with E-state index in [2.05, 4.69) is 4.98 Å². The molecule has 0 saturated heterocycles. The summed E-state index contributed by atoms with van der Waals surface area (Å²) < 4.78 is 10.6. The number of aromatic nitrogens is 1. The van der Waals surface area contributed by atoms with E-state index in [4.69, 9.17) is 9.47 Å². The van der Waals surface area contributed by atoms with Crippen LogP contribution in [0.3, 0.4) is 0 Å². The molecule has 0 N–H and O–H groups in total. The van der Waals surface area contributed by atoms with Crippen molar-refractivity contribution in [3.05, 3.63) is 23.5 Å². The number of nitrogens with zero attached hydrogens (tertiary/aromatic N) is 1. The second kappa shape index (κ2) is 4.35. The van der Waals surface area contributed by atoms with Gasteiger partial charge in [0.05, 0.1) is 12.8 Å². The van der Waals surface area contributed by atoms with Crippen LogP contribution in [0.4, 0.5) is 0 Å². The highest BCUT2D eigenvalue weighted by Gasteiger charge is 2.54. The molecule has 0 atom stereocenters. The van der Waals surface area contributed by atoms with Crippen LogP contribution >= 0.6 is 0 Å². The van der Waals surface area contributed by atoms with Gasteiger partial charge in [-0.25, -0.2) is 4.79 Å².